The van der Waals surface area contributed by atoms with Gasteiger partial charge in [0.2, 0.25) is 0 Å². The topological polar surface area (TPSA) is 17.1 Å². The van der Waals surface area contributed by atoms with E-state index in [4.69, 9.17) is 0 Å². The molecule has 1 heteroatoms. The molecule has 19 heavy (non-hydrogen) atoms. The standard InChI is InChI=1S/C18H22O/c1-4-11-18(12-9-14(2)3)13-10-15-7-5-6-8-16(15)17(18)19/h4-9H,1,10-13H2,2-3H3/t18-/m1/s1. The van der Waals surface area contributed by atoms with E-state index in [9.17, 15) is 4.79 Å². The maximum absolute atomic E-state index is 12.9. The third kappa shape index (κ3) is 2.70. The fourth-order valence-corrected chi connectivity index (χ4v) is 2.88. The van der Waals surface area contributed by atoms with Gasteiger partial charge in [0.05, 0.1) is 0 Å². The van der Waals surface area contributed by atoms with Crippen LogP contribution in [0.2, 0.25) is 0 Å². The van der Waals surface area contributed by atoms with Crippen molar-refractivity contribution < 1.29 is 4.79 Å². The van der Waals surface area contributed by atoms with Crippen LogP contribution in [-0.2, 0) is 6.42 Å². The zero-order valence-corrected chi connectivity index (χ0v) is 11.9. The minimum absolute atomic E-state index is 0.270. The average Bonchev–Trinajstić information content (AvgIpc) is 2.41. The van der Waals surface area contributed by atoms with Crippen molar-refractivity contribution in [2.75, 3.05) is 0 Å². The molecule has 1 aromatic carbocycles. The van der Waals surface area contributed by atoms with Crippen molar-refractivity contribution in [2.24, 2.45) is 5.41 Å². The first-order chi connectivity index (χ1) is 9.09. The maximum Gasteiger partial charge on any atom is 0.169 e. The summed E-state index contributed by atoms with van der Waals surface area (Å²) in [6.07, 6.45) is 7.60. The summed E-state index contributed by atoms with van der Waals surface area (Å²) in [5.74, 6) is 0.298. The Balaban J connectivity index is 2.38. The molecule has 0 radical (unpaired) electrons. The van der Waals surface area contributed by atoms with Crippen LogP contribution in [0.4, 0.5) is 0 Å². The van der Waals surface area contributed by atoms with E-state index in [1.807, 2.05) is 24.3 Å². The Bertz CT molecular complexity index is 520. The van der Waals surface area contributed by atoms with Crippen molar-refractivity contribution in [1.82, 2.24) is 0 Å². The lowest BCUT2D eigenvalue weighted by atomic mass is 9.66. The van der Waals surface area contributed by atoms with Crippen LogP contribution in [0.25, 0.3) is 0 Å². The first kappa shape index (κ1) is 13.8. The molecule has 0 N–H and O–H groups in total. The number of hydrogen-bond acceptors (Lipinski definition) is 1. The van der Waals surface area contributed by atoms with Crippen LogP contribution in [0.3, 0.4) is 0 Å². The summed E-state index contributed by atoms with van der Waals surface area (Å²) < 4.78 is 0. The summed E-state index contributed by atoms with van der Waals surface area (Å²) in [5.41, 5.74) is 3.12. The molecule has 0 fully saturated rings. The molecule has 0 heterocycles. The van der Waals surface area contributed by atoms with Crippen LogP contribution in [-0.4, -0.2) is 5.78 Å². The minimum Gasteiger partial charge on any atom is -0.294 e. The molecule has 0 saturated carbocycles. The first-order valence-corrected chi connectivity index (χ1v) is 6.96. The number of fused-ring (bicyclic) bond motifs is 1. The fraction of sp³-hybridized carbons (Fsp3) is 0.389. The summed E-state index contributed by atoms with van der Waals surface area (Å²) in [5, 5.41) is 0. The van der Waals surface area contributed by atoms with Gasteiger partial charge in [-0.2, -0.15) is 0 Å². The SMILES string of the molecule is C=CC[C@@]1(CC=C(C)C)CCc2ccccc2C1=O. The number of allylic oxidation sites excluding steroid dienone is 3. The Kier molecular flexibility index (Phi) is 4.04. The van der Waals surface area contributed by atoms with E-state index >= 15 is 0 Å². The van der Waals surface area contributed by atoms with Crippen LogP contribution in [0, 0.1) is 5.41 Å². The van der Waals surface area contributed by atoms with Crippen molar-refractivity contribution in [2.45, 2.75) is 39.5 Å². The minimum atomic E-state index is -0.270. The zero-order valence-electron chi connectivity index (χ0n) is 11.9. The van der Waals surface area contributed by atoms with Gasteiger partial charge in [0.15, 0.2) is 5.78 Å². The molecule has 1 nitrogen and oxygen atoms in total. The van der Waals surface area contributed by atoms with Crippen LogP contribution in [0.5, 0.6) is 0 Å². The summed E-state index contributed by atoms with van der Waals surface area (Å²) >= 11 is 0. The lowest BCUT2D eigenvalue weighted by Gasteiger charge is -2.35. The predicted molar refractivity (Wildman–Crippen MR) is 80.4 cm³/mol. The number of rotatable bonds is 4. The molecule has 2 rings (SSSR count). The van der Waals surface area contributed by atoms with E-state index in [-0.39, 0.29) is 5.41 Å². The molecule has 0 spiro atoms. The molecule has 1 aromatic rings. The van der Waals surface area contributed by atoms with Crippen molar-refractivity contribution in [1.29, 1.82) is 0 Å². The van der Waals surface area contributed by atoms with Crippen molar-refractivity contribution in [3.05, 3.63) is 59.7 Å². The molecule has 0 unspecified atom stereocenters. The molecule has 1 atom stereocenters. The average molecular weight is 254 g/mol. The van der Waals surface area contributed by atoms with E-state index in [1.54, 1.807) is 0 Å². The van der Waals surface area contributed by atoms with Crippen LogP contribution in [0.15, 0.2) is 48.6 Å². The molecular formula is C18H22O. The summed E-state index contributed by atoms with van der Waals surface area (Å²) in [4.78, 5) is 12.9. The van der Waals surface area contributed by atoms with Gasteiger partial charge in [0.1, 0.15) is 0 Å². The second-order valence-corrected chi connectivity index (χ2v) is 5.74. The fourth-order valence-electron chi connectivity index (χ4n) is 2.88. The molecule has 1 aliphatic rings. The van der Waals surface area contributed by atoms with E-state index in [0.29, 0.717) is 5.78 Å². The van der Waals surface area contributed by atoms with Gasteiger partial charge in [-0.05, 0) is 45.1 Å². The lowest BCUT2D eigenvalue weighted by Crippen LogP contribution is -2.35. The number of ketones is 1. The Morgan fingerprint density at radius 1 is 1.32 bits per heavy atom. The molecule has 100 valence electrons. The predicted octanol–water partition coefficient (Wildman–Crippen LogP) is 4.73. The maximum atomic E-state index is 12.9. The number of hydrogen-bond donors (Lipinski definition) is 0. The highest BCUT2D eigenvalue weighted by atomic mass is 16.1. The van der Waals surface area contributed by atoms with Crippen molar-refractivity contribution >= 4 is 5.78 Å². The lowest BCUT2D eigenvalue weighted by molar-refractivity contribution is 0.0762. The Morgan fingerprint density at radius 2 is 2.05 bits per heavy atom. The van der Waals surface area contributed by atoms with Gasteiger partial charge in [-0.1, -0.05) is 42.0 Å². The third-order valence-corrected chi connectivity index (χ3v) is 4.05. The van der Waals surface area contributed by atoms with E-state index in [1.165, 1.54) is 11.1 Å². The number of carbonyl (C=O) groups excluding carboxylic acids is 1. The Morgan fingerprint density at radius 3 is 2.74 bits per heavy atom. The Hall–Kier alpha value is -1.63. The number of aryl methyl sites for hydroxylation is 1. The van der Waals surface area contributed by atoms with Gasteiger partial charge < -0.3 is 0 Å². The van der Waals surface area contributed by atoms with E-state index in [0.717, 1.165) is 31.2 Å². The number of carbonyl (C=O) groups is 1. The van der Waals surface area contributed by atoms with Crippen LogP contribution >= 0.6 is 0 Å². The van der Waals surface area contributed by atoms with Gasteiger partial charge in [0.25, 0.3) is 0 Å². The summed E-state index contributed by atoms with van der Waals surface area (Å²) in [7, 11) is 0. The van der Waals surface area contributed by atoms with Crippen molar-refractivity contribution in [3.63, 3.8) is 0 Å². The molecular weight excluding hydrogens is 232 g/mol. The quantitative estimate of drug-likeness (QED) is 0.710. The summed E-state index contributed by atoms with van der Waals surface area (Å²) in [6, 6.07) is 8.02. The van der Waals surface area contributed by atoms with Crippen LogP contribution < -0.4 is 0 Å². The second kappa shape index (κ2) is 5.56. The third-order valence-electron chi connectivity index (χ3n) is 4.05. The van der Waals surface area contributed by atoms with Crippen molar-refractivity contribution in [3.8, 4) is 0 Å². The zero-order chi connectivity index (χ0) is 13.9. The van der Waals surface area contributed by atoms with Gasteiger partial charge in [-0.3, -0.25) is 4.79 Å². The van der Waals surface area contributed by atoms with Gasteiger partial charge in [-0.25, -0.2) is 0 Å². The van der Waals surface area contributed by atoms with Gasteiger partial charge >= 0.3 is 0 Å². The Labute approximate surface area is 116 Å². The molecule has 0 aromatic heterocycles. The normalized spacial score (nSPS) is 21.7. The second-order valence-electron chi connectivity index (χ2n) is 5.74. The van der Waals surface area contributed by atoms with E-state index in [2.05, 4.69) is 32.6 Å². The molecule has 0 bridgehead atoms. The van der Waals surface area contributed by atoms with Gasteiger partial charge in [0, 0.05) is 11.0 Å². The molecule has 0 aliphatic heterocycles. The summed E-state index contributed by atoms with van der Waals surface area (Å²) in [6.45, 7) is 8.02. The van der Waals surface area contributed by atoms with Crippen LogP contribution in [0.1, 0.15) is 49.0 Å². The number of benzene rings is 1. The largest absolute Gasteiger partial charge is 0.294 e. The smallest absolute Gasteiger partial charge is 0.169 e. The highest BCUT2D eigenvalue weighted by Gasteiger charge is 2.40. The van der Waals surface area contributed by atoms with E-state index < -0.39 is 0 Å². The highest BCUT2D eigenvalue weighted by molar-refractivity contribution is 6.03. The molecule has 1 aliphatic carbocycles. The number of Topliss-reactive ketones (excluding diaryl/α,β-unsaturated/α-hetero) is 1. The van der Waals surface area contributed by atoms with Gasteiger partial charge in [-0.15, -0.1) is 6.58 Å². The molecule has 0 amide bonds. The monoisotopic (exact) mass is 254 g/mol. The molecule has 0 saturated heterocycles. The first-order valence-electron chi connectivity index (χ1n) is 6.96. The highest BCUT2D eigenvalue weighted by Crippen LogP contribution is 2.41.